The van der Waals surface area contributed by atoms with Crippen LogP contribution in [0.5, 0.6) is 0 Å². The molecule has 0 aliphatic rings. The monoisotopic (exact) mass is 365 g/mol. The lowest BCUT2D eigenvalue weighted by molar-refractivity contribution is -0.147. The van der Waals surface area contributed by atoms with Crippen LogP contribution in [-0.2, 0) is 14.3 Å². The molecule has 0 radical (unpaired) electrons. The molecular weight excluding hydrogens is 342 g/mol. The zero-order chi connectivity index (χ0) is 19.4. The molecule has 0 aliphatic heterocycles. The number of hydrogen-bond acceptors (Lipinski definition) is 5. The molecule has 1 unspecified atom stereocenters. The molecule has 0 bridgehead atoms. The van der Waals surface area contributed by atoms with Gasteiger partial charge in [-0.3, -0.25) is 14.5 Å². The van der Waals surface area contributed by atoms with E-state index in [0.29, 0.717) is 36.1 Å². The summed E-state index contributed by atoms with van der Waals surface area (Å²) in [6.07, 6.45) is 1.64. The van der Waals surface area contributed by atoms with E-state index < -0.39 is 24.8 Å². The molecule has 1 amide bonds. The maximum absolute atomic E-state index is 11.9. The number of carboxylic acid groups (broad SMARTS) is 2. The number of hydrogen-bond donors (Lipinski definition) is 2. The molecule has 2 N–H and O–H groups in total. The smallest absolute Gasteiger partial charge is 0.410 e. The average molecular weight is 365 g/mol. The summed E-state index contributed by atoms with van der Waals surface area (Å²) < 4.78 is 4.37. The number of benzene rings is 1. The van der Waals surface area contributed by atoms with Crippen LogP contribution >= 0.6 is 0 Å². The van der Waals surface area contributed by atoms with Crippen molar-refractivity contribution in [3.63, 3.8) is 0 Å². The van der Waals surface area contributed by atoms with Crippen LogP contribution in [0.4, 0.5) is 4.79 Å². The molecule has 0 aromatic heterocycles. The molecular formula is C18H23NO7. The molecule has 1 atom stereocenters. The SMILES string of the molecule is O=COCN(C(=O)O)C(CCCCCCC(=O)c1ccccc1)C(=O)O. The lowest BCUT2D eigenvalue weighted by Gasteiger charge is -2.24. The van der Waals surface area contributed by atoms with Crippen LogP contribution in [0, 0.1) is 0 Å². The summed E-state index contributed by atoms with van der Waals surface area (Å²) in [7, 11) is 0. The number of carbonyl (C=O) groups excluding carboxylic acids is 2. The van der Waals surface area contributed by atoms with Gasteiger partial charge in [0.25, 0.3) is 6.47 Å². The predicted molar refractivity (Wildman–Crippen MR) is 91.8 cm³/mol. The summed E-state index contributed by atoms with van der Waals surface area (Å²) in [6, 6.07) is 7.71. The summed E-state index contributed by atoms with van der Waals surface area (Å²) in [5.74, 6) is -1.22. The molecule has 0 heterocycles. The first-order valence-electron chi connectivity index (χ1n) is 8.33. The van der Waals surface area contributed by atoms with Gasteiger partial charge in [0.15, 0.2) is 12.5 Å². The lowest BCUT2D eigenvalue weighted by atomic mass is 10.0. The lowest BCUT2D eigenvalue weighted by Crippen LogP contribution is -2.45. The van der Waals surface area contributed by atoms with Crippen LogP contribution in [0.1, 0.15) is 48.9 Å². The number of unbranched alkanes of at least 4 members (excludes halogenated alkanes) is 3. The number of aliphatic carboxylic acids is 1. The van der Waals surface area contributed by atoms with E-state index in [-0.39, 0.29) is 18.7 Å². The minimum atomic E-state index is -1.47. The van der Waals surface area contributed by atoms with E-state index in [2.05, 4.69) is 4.74 Å². The van der Waals surface area contributed by atoms with Crippen molar-refractivity contribution in [3.8, 4) is 0 Å². The summed E-state index contributed by atoms with van der Waals surface area (Å²) >= 11 is 0. The van der Waals surface area contributed by atoms with Gasteiger partial charge >= 0.3 is 12.1 Å². The molecule has 26 heavy (non-hydrogen) atoms. The summed E-state index contributed by atoms with van der Waals surface area (Å²) in [5.41, 5.74) is 0.672. The number of Topliss-reactive ketones (excluding diaryl/α,β-unsaturated/α-hetero) is 1. The minimum absolute atomic E-state index is 0.0667. The van der Waals surface area contributed by atoms with Gasteiger partial charge in [0.1, 0.15) is 6.04 Å². The van der Waals surface area contributed by atoms with E-state index in [1.807, 2.05) is 18.2 Å². The molecule has 8 heteroatoms. The largest absolute Gasteiger partial charge is 0.480 e. The third-order valence-corrected chi connectivity index (χ3v) is 3.92. The Hall–Kier alpha value is -2.90. The van der Waals surface area contributed by atoms with Gasteiger partial charge in [0.05, 0.1) is 0 Å². The van der Waals surface area contributed by atoms with Gasteiger partial charge in [0, 0.05) is 12.0 Å². The number of ketones is 1. The second-order valence-electron chi connectivity index (χ2n) is 5.74. The molecule has 0 aliphatic carbocycles. The highest BCUT2D eigenvalue weighted by Gasteiger charge is 2.29. The Bertz CT molecular complexity index is 603. The van der Waals surface area contributed by atoms with E-state index >= 15 is 0 Å². The fourth-order valence-electron chi connectivity index (χ4n) is 2.55. The fraction of sp³-hybridized carbons (Fsp3) is 0.444. The van der Waals surface area contributed by atoms with Gasteiger partial charge in [-0.2, -0.15) is 0 Å². The van der Waals surface area contributed by atoms with Crippen molar-refractivity contribution in [2.75, 3.05) is 6.73 Å². The molecule has 0 spiro atoms. The van der Waals surface area contributed by atoms with Crippen molar-refractivity contribution in [2.45, 2.75) is 44.6 Å². The fourth-order valence-corrected chi connectivity index (χ4v) is 2.55. The molecule has 142 valence electrons. The number of carbonyl (C=O) groups is 4. The highest BCUT2D eigenvalue weighted by atomic mass is 16.5. The number of ether oxygens (including phenoxy) is 1. The van der Waals surface area contributed by atoms with Crippen LogP contribution in [-0.4, -0.2) is 52.2 Å². The Labute approximate surface area is 151 Å². The zero-order valence-electron chi connectivity index (χ0n) is 14.4. The Balaban J connectivity index is 2.34. The van der Waals surface area contributed by atoms with Crippen molar-refractivity contribution in [1.29, 1.82) is 0 Å². The first-order chi connectivity index (χ1) is 12.5. The number of amides is 1. The van der Waals surface area contributed by atoms with Crippen molar-refractivity contribution < 1.29 is 34.1 Å². The second-order valence-corrected chi connectivity index (χ2v) is 5.74. The van der Waals surface area contributed by atoms with Crippen LogP contribution in [0.3, 0.4) is 0 Å². The Morgan fingerprint density at radius 1 is 1.04 bits per heavy atom. The van der Waals surface area contributed by atoms with Gasteiger partial charge in [-0.15, -0.1) is 0 Å². The Morgan fingerprint density at radius 2 is 1.69 bits per heavy atom. The predicted octanol–water partition coefficient (Wildman–Crippen LogP) is 2.77. The molecule has 0 saturated carbocycles. The van der Waals surface area contributed by atoms with Crippen LogP contribution in [0.25, 0.3) is 0 Å². The first-order valence-corrected chi connectivity index (χ1v) is 8.33. The van der Waals surface area contributed by atoms with Crippen LogP contribution < -0.4 is 0 Å². The normalized spacial score (nSPS) is 11.4. The summed E-state index contributed by atoms with van der Waals surface area (Å²) in [4.78, 5) is 45.1. The van der Waals surface area contributed by atoms with Crippen molar-refractivity contribution in [1.82, 2.24) is 4.90 Å². The van der Waals surface area contributed by atoms with Crippen molar-refractivity contribution in [2.24, 2.45) is 0 Å². The van der Waals surface area contributed by atoms with Crippen LogP contribution in [0.15, 0.2) is 30.3 Å². The third kappa shape index (κ3) is 7.33. The van der Waals surface area contributed by atoms with E-state index in [9.17, 15) is 24.3 Å². The van der Waals surface area contributed by atoms with Gasteiger partial charge in [0.2, 0.25) is 0 Å². The van der Waals surface area contributed by atoms with Gasteiger partial charge in [-0.05, 0) is 12.8 Å². The highest BCUT2D eigenvalue weighted by Crippen LogP contribution is 2.14. The minimum Gasteiger partial charge on any atom is -0.480 e. The molecule has 1 aromatic rings. The number of nitrogens with zero attached hydrogens (tertiary/aromatic N) is 1. The van der Waals surface area contributed by atoms with Crippen molar-refractivity contribution >= 4 is 24.3 Å². The van der Waals surface area contributed by atoms with Gasteiger partial charge in [-0.25, -0.2) is 9.59 Å². The van der Waals surface area contributed by atoms with Gasteiger partial charge in [-0.1, -0.05) is 49.6 Å². The standard InChI is InChI=1S/C18H23NO7/c20-13-26-12-19(18(24)25)15(17(22)23)10-6-1-2-7-11-16(21)14-8-4-3-5-9-14/h3-5,8-9,13,15H,1-2,6-7,10-12H2,(H,22,23)(H,24,25). The molecule has 0 saturated heterocycles. The topological polar surface area (TPSA) is 121 Å². The van der Waals surface area contributed by atoms with Crippen LogP contribution in [0.2, 0.25) is 0 Å². The first kappa shape index (κ1) is 21.1. The van der Waals surface area contributed by atoms with Crippen molar-refractivity contribution in [3.05, 3.63) is 35.9 Å². The zero-order valence-corrected chi connectivity index (χ0v) is 14.4. The maximum Gasteiger partial charge on any atom is 0.410 e. The molecule has 8 nitrogen and oxygen atoms in total. The highest BCUT2D eigenvalue weighted by molar-refractivity contribution is 5.95. The number of rotatable bonds is 13. The van der Waals surface area contributed by atoms with E-state index in [1.54, 1.807) is 12.1 Å². The van der Waals surface area contributed by atoms with E-state index in [0.717, 1.165) is 6.42 Å². The van der Waals surface area contributed by atoms with Gasteiger partial charge < -0.3 is 14.9 Å². The molecule has 0 fully saturated rings. The number of carboxylic acids is 1. The average Bonchev–Trinajstić information content (AvgIpc) is 2.62. The Morgan fingerprint density at radius 3 is 2.27 bits per heavy atom. The quantitative estimate of drug-likeness (QED) is 0.238. The molecule has 1 aromatic carbocycles. The summed E-state index contributed by atoms with van der Waals surface area (Å²) in [6.45, 7) is -0.556. The Kier molecular flexibility index (Phi) is 9.45. The second kappa shape index (κ2) is 11.6. The van der Waals surface area contributed by atoms with E-state index in [1.165, 1.54) is 0 Å². The van der Waals surface area contributed by atoms with E-state index in [4.69, 9.17) is 5.11 Å². The third-order valence-electron chi connectivity index (χ3n) is 3.92. The molecule has 1 rings (SSSR count). The maximum atomic E-state index is 11.9. The summed E-state index contributed by atoms with van der Waals surface area (Å²) in [5, 5.41) is 18.3.